The van der Waals surface area contributed by atoms with Crippen molar-refractivity contribution in [3.05, 3.63) is 34.9 Å². The van der Waals surface area contributed by atoms with Crippen LogP contribution in [0.15, 0.2) is 24.3 Å². The zero-order valence-electron chi connectivity index (χ0n) is 11.4. The van der Waals surface area contributed by atoms with E-state index in [1.165, 1.54) is 6.92 Å². The Morgan fingerprint density at radius 3 is 2.42 bits per heavy atom. The molecule has 0 saturated heterocycles. The first-order chi connectivity index (χ1) is 8.91. The van der Waals surface area contributed by atoms with E-state index in [4.69, 9.17) is 11.6 Å². The lowest BCUT2D eigenvalue weighted by atomic mass is 10.0. The third-order valence-electron chi connectivity index (χ3n) is 2.72. The third kappa shape index (κ3) is 4.91. The third-order valence-corrected chi connectivity index (χ3v) is 3.09. The molecule has 0 aliphatic carbocycles. The second-order valence-electron chi connectivity index (χ2n) is 4.73. The van der Waals surface area contributed by atoms with Gasteiger partial charge in [0.15, 0.2) is 0 Å². The number of hydrogen-bond donors (Lipinski definition) is 2. The van der Waals surface area contributed by atoms with Crippen LogP contribution >= 0.6 is 11.6 Å². The minimum Gasteiger partial charge on any atom is -0.350 e. The fraction of sp³-hybridized carbons (Fsp3) is 0.429. The van der Waals surface area contributed by atoms with E-state index in [9.17, 15) is 9.59 Å². The van der Waals surface area contributed by atoms with Crippen LogP contribution in [0.5, 0.6) is 0 Å². The Bertz CT molecular complexity index is 461. The van der Waals surface area contributed by atoms with Crippen LogP contribution in [0.25, 0.3) is 0 Å². The average molecular weight is 283 g/mol. The smallest absolute Gasteiger partial charge is 0.243 e. The predicted molar refractivity (Wildman–Crippen MR) is 75.7 cm³/mol. The summed E-state index contributed by atoms with van der Waals surface area (Å²) in [5, 5.41) is 6.05. The van der Waals surface area contributed by atoms with Crippen LogP contribution in [0.1, 0.15) is 26.3 Å². The molecule has 1 aromatic rings. The van der Waals surface area contributed by atoms with Crippen molar-refractivity contribution >= 4 is 23.4 Å². The average Bonchev–Trinajstić information content (AvgIpc) is 2.34. The Balaban J connectivity index is 2.63. The fourth-order valence-corrected chi connectivity index (χ4v) is 1.89. The topological polar surface area (TPSA) is 58.2 Å². The Morgan fingerprint density at radius 2 is 1.89 bits per heavy atom. The molecule has 19 heavy (non-hydrogen) atoms. The van der Waals surface area contributed by atoms with Crippen LogP contribution < -0.4 is 10.6 Å². The molecule has 0 aromatic heterocycles. The highest BCUT2D eigenvalue weighted by atomic mass is 35.5. The van der Waals surface area contributed by atoms with Gasteiger partial charge in [-0.2, -0.15) is 0 Å². The number of carbonyl (C=O) groups excluding carboxylic acids is 2. The van der Waals surface area contributed by atoms with Crippen LogP contribution in [0.3, 0.4) is 0 Å². The summed E-state index contributed by atoms with van der Waals surface area (Å²) in [5.74, 6) is -0.396. The maximum Gasteiger partial charge on any atom is 0.243 e. The second-order valence-corrected chi connectivity index (χ2v) is 5.14. The summed E-state index contributed by atoms with van der Waals surface area (Å²) in [7, 11) is 0. The first-order valence-electron chi connectivity index (χ1n) is 6.20. The van der Waals surface area contributed by atoms with Crippen molar-refractivity contribution < 1.29 is 9.59 Å². The van der Waals surface area contributed by atoms with Gasteiger partial charge < -0.3 is 10.6 Å². The monoisotopic (exact) mass is 282 g/mol. The van der Waals surface area contributed by atoms with Gasteiger partial charge in [0.1, 0.15) is 6.04 Å². The van der Waals surface area contributed by atoms with E-state index in [1.54, 1.807) is 6.07 Å². The summed E-state index contributed by atoms with van der Waals surface area (Å²) >= 11 is 6.01. The van der Waals surface area contributed by atoms with Gasteiger partial charge in [-0.3, -0.25) is 9.59 Å². The number of carbonyl (C=O) groups is 2. The molecule has 0 bridgehead atoms. The molecule has 1 atom stereocenters. The van der Waals surface area contributed by atoms with Crippen molar-refractivity contribution in [3.8, 4) is 0 Å². The lowest BCUT2D eigenvalue weighted by Gasteiger charge is -2.21. The zero-order chi connectivity index (χ0) is 14.4. The Kier molecular flexibility index (Phi) is 5.83. The molecular weight excluding hydrogens is 264 g/mol. The van der Waals surface area contributed by atoms with E-state index >= 15 is 0 Å². The number of rotatable bonds is 5. The standard InChI is InChI=1S/C14H19ClN2O2/c1-9(2)13(17-10(3)18)14(19)16-8-11-6-4-5-7-12(11)15/h4-7,9,13H,8H2,1-3H3,(H,16,19)(H,17,18)/t13-/m1/s1. The van der Waals surface area contributed by atoms with Gasteiger partial charge in [0.25, 0.3) is 0 Å². The molecule has 0 aliphatic heterocycles. The van der Waals surface area contributed by atoms with Gasteiger partial charge >= 0.3 is 0 Å². The summed E-state index contributed by atoms with van der Waals surface area (Å²) in [4.78, 5) is 23.1. The SMILES string of the molecule is CC(=O)N[C@@H](C(=O)NCc1ccccc1Cl)C(C)C. The summed E-state index contributed by atoms with van der Waals surface area (Å²) in [5.41, 5.74) is 0.850. The summed E-state index contributed by atoms with van der Waals surface area (Å²) in [6.45, 7) is 5.52. The molecule has 2 amide bonds. The number of hydrogen-bond acceptors (Lipinski definition) is 2. The van der Waals surface area contributed by atoms with E-state index in [1.807, 2.05) is 32.0 Å². The molecule has 5 heteroatoms. The number of amides is 2. The number of benzene rings is 1. The van der Waals surface area contributed by atoms with Gasteiger partial charge in [0, 0.05) is 18.5 Å². The van der Waals surface area contributed by atoms with Crippen molar-refractivity contribution in [2.45, 2.75) is 33.4 Å². The van der Waals surface area contributed by atoms with E-state index < -0.39 is 6.04 Å². The predicted octanol–water partition coefficient (Wildman–Crippen LogP) is 2.12. The minimum absolute atomic E-state index is 0.0233. The van der Waals surface area contributed by atoms with Crippen molar-refractivity contribution in [3.63, 3.8) is 0 Å². The molecule has 1 rings (SSSR count). The second kappa shape index (κ2) is 7.14. The fourth-order valence-electron chi connectivity index (χ4n) is 1.69. The lowest BCUT2D eigenvalue weighted by Crippen LogP contribution is -2.48. The molecule has 0 unspecified atom stereocenters. The maximum atomic E-state index is 12.0. The van der Waals surface area contributed by atoms with Crippen LogP contribution in [-0.4, -0.2) is 17.9 Å². The zero-order valence-corrected chi connectivity index (χ0v) is 12.1. The van der Waals surface area contributed by atoms with Crippen LogP contribution in [0.2, 0.25) is 5.02 Å². The van der Waals surface area contributed by atoms with E-state index in [0.29, 0.717) is 11.6 Å². The highest BCUT2D eigenvalue weighted by molar-refractivity contribution is 6.31. The van der Waals surface area contributed by atoms with Crippen LogP contribution in [0.4, 0.5) is 0 Å². The first kappa shape index (κ1) is 15.5. The van der Waals surface area contributed by atoms with Crippen molar-refractivity contribution in [1.29, 1.82) is 0 Å². The molecule has 0 radical (unpaired) electrons. The first-order valence-corrected chi connectivity index (χ1v) is 6.58. The van der Waals surface area contributed by atoms with E-state index in [-0.39, 0.29) is 17.7 Å². The molecule has 0 saturated carbocycles. The van der Waals surface area contributed by atoms with Crippen LogP contribution in [-0.2, 0) is 16.1 Å². The van der Waals surface area contributed by atoms with Gasteiger partial charge in [-0.05, 0) is 17.5 Å². The van der Waals surface area contributed by atoms with Gasteiger partial charge in [-0.25, -0.2) is 0 Å². The minimum atomic E-state index is -0.528. The largest absolute Gasteiger partial charge is 0.350 e. The molecule has 2 N–H and O–H groups in total. The number of nitrogens with one attached hydrogen (secondary N) is 2. The molecule has 1 aromatic carbocycles. The quantitative estimate of drug-likeness (QED) is 0.869. The Morgan fingerprint density at radius 1 is 1.26 bits per heavy atom. The molecular formula is C14H19ClN2O2. The summed E-state index contributed by atoms with van der Waals surface area (Å²) in [6, 6.07) is 6.80. The molecule has 0 fully saturated rings. The van der Waals surface area contributed by atoms with Gasteiger partial charge in [0.2, 0.25) is 11.8 Å². The molecule has 0 aliphatic rings. The van der Waals surface area contributed by atoms with E-state index in [0.717, 1.165) is 5.56 Å². The Hall–Kier alpha value is -1.55. The van der Waals surface area contributed by atoms with Gasteiger partial charge in [-0.15, -0.1) is 0 Å². The van der Waals surface area contributed by atoms with Crippen LogP contribution in [0, 0.1) is 5.92 Å². The highest BCUT2D eigenvalue weighted by Crippen LogP contribution is 2.14. The van der Waals surface area contributed by atoms with Crippen molar-refractivity contribution in [1.82, 2.24) is 10.6 Å². The normalized spacial score (nSPS) is 12.1. The lowest BCUT2D eigenvalue weighted by molar-refractivity contribution is -0.129. The van der Waals surface area contributed by atoms with E-state index in [2.05, 4.69) is 10.6 Å². The Labute approximate surface area is 118 Å². The molecule has 104 valence electrons. The summed E-state index contributed by atoms with van der Waals surface area (Å²) in [6.07, 6.45) is 0. The molecule has 0 heterocycles. The van der Waals surface area contributed by atoms with Crippen molar-refractivity contribution in [2.24, 2.45) is 5.92 Å². The summed E-state index contributed by atoms with van der Waals surface area (Å²) < 4.78 is 0. The van der Waals surface area contributed by atoms with Crippen molar-refractivity contribution in [2.75, 3.05) is 0 Å². The molecule has 4 nitrogen and oxygen atoms in total. The highest BCUT2D eigenvalue weighted by Gasteiger charge is 2.22. The number of halogens is 1. The maximum absolute atomic E-state index is 12.0. The van der Waals surface area contributed by atoms with Gasteiger partial charge in [-0.1, -0.05) is 43.6 Å². The van der Waals surface area contributed by atoms with Gasteiger partial charge in [0.05, 0.1) is 0 Å². The molecule has 0 spiro atoms.